The van der Waals surface area contributed by atoms with Crippen molar-refractivity contribution in [3.63, 3.8) is 0 Å². The number of hydrogen-bond donors (Lipinski definition) is 0. The van der Waals surface area contributed by atoms with Crippen molar-refractivity contribution in [2.24, 2.45) is 5.92 Å². The quantitative estimate of drug-likeness (QED) is 0.447. The molecule has 2 heteroatoms. The van der Waals surface area contributed by atoms with E-state index in [0.717, 1.165) is 11.7 Å². The lowest BCUT2D eigenvalue weighted by Gasteiger charge is -2.26. The molecule has 0 bridgehead atoms. The molecule has 3 rings (SSSR count). The van der Waals surface area contributed by atoms with Crippen LogP contribution < -0.4 is 4.74 Å². The molecule has 0 fully saturated rings. The van der Waals surface area contributed by atoms with Crippen LogP contribution in [0.1, 0.15) is 42.0 Å². The molecule has 1 atom stereocenters. The summed E-state index contributed by atoms with van der Waals surface area (Å²) in [5, 5.41) is 0. The van der Waals surface area contributed by atoms with Crippen molar-refractivity contribution in [3.05, 3.63) is 95.6 Å². The molecule has 30 heavy (non-hydrogen) atoms. The highest BCUT2D eigenvalue weighted by Gasteiger charge is 2.19. The number of aryl methyl sites for hydroxylation is 1. The topological polar surface area (TPSA) is 12.5 Å². The van der Waals surface area contributed by atoms with E-state index in [1.807, 2.05) is 25.2 Å². The van der Waals surface area contributed by atoms with Gasteiger partial charge in [-0.1, -0.05) is 61.2 Å². The van der Waals surface area contributed by atoms with Crippen LogP contribution in [0, 0.1) is 5.92 Å². The van der Waals surface area contributed by atoms with Gasteiger partial charge in [0.15, 0.2) is 0 Å². The highest BCUT2D eigenvalue weighted by atomic mass is 16.5. The number of ether oxygens (including phenoxy) is 1. The zero-order valence-corrected chi connectivity index (χ0v) is 18.7. The third-order valence-electron chi connectivity index (χ3n) is 5.83. The van der Waals surface area contributed by atoms with Crippen molar-refractivity contribution >= 4 is 5.57 Å². The van der Waals surface area contributed by atoms with Crippen molar-refractivity contribution in [1.29, 1.82) is 0 Å². The molecule has 0 saturated heterocycles. The maximum atomic E-state index is 6.11. The Balaban J connectivity index is 1.58. The molecule has 0 saturated carbocycles. The van der Waals surface area contributed by atoms with Crippen LogP contribution in [0.4, 0.5) is 0 Å². The largest absolute Gasteiger partial charge is 0.489 e. The first kappa shape index (κ1) is 22.1. The minimum atomic E-state index is 0.592. The van der Waals surface area contributed by atoms with E-state index in [4.69, 9.17) is 4.74 Å². The molecule has 0 amide bonds. The molecule has 1 aliphatic rings. The second-order valence-corrected chi connectivity index (χ2v) is 8.47. The molecule has 0 aromatic heterocycles. The molecule has 0 N–H and O–H groups in total. The van der Waals surface area contributed by atoms with Gasteiger partial charge in [0, 0.05) is 0 Å². The Bertz CT molecular complexity index is 889. The summed E-state index contributed by atoms with van der Waals surface area (Å²) in [7, 11) is 4.32. The normalized spacial score (nSPS) is 16.7. The zero-order chi connectivity index (χ0) is 21.3. The molecule has 0 unspecified atom stereocenters. The number of hydrogen-bond acceptors (Lipinski definition) is 2. The van der Waals surface area contributed by atoms with Gasteiger partial charge < -0.3 is 9.64 Å². The van der Waals surface area contributed by atoms with Gasteiger partial charge in [-0.15, -0.1) is 0 Å². The van der Waals surface area contributed by atoms with Crippen LogP contribution in [0.3, 0.4) is 0 Å². The molecular weight excluding hydrogens is 366 g/mol. The fourth-order valence-electron chi connectivity index (χ4n) is 4.10. The zero-order valence-electron chi connectivity index (χ0n) is 18.7. The van der Waals surface area contributed by atoms with Crippen molar-refractivity contribution < 1.29 is 4.74 Å². The first-order valence-corrected chi connectivity index (χ1v) is 11.0. The average Bonchev–Trinajstić information content (AvgIpc) is 2.76. The van der Waals surface area contributed by atoms with Crippen molar-refractivity contribution in [3.8, 4) is 5.75 Å². The smallest absolute Gasteiger partial charge is 0.120 e. The third-order valence-corrected chi connectivity index (χ3v) is 5.83. The van der Waals surface area contributed by atoms with E-state index < -0.39 is 0 Å². The first-order valence-electron chi connectivity index (χ1n) is 11.0. The van der Waals surface area contributed by atoms with Crippen LogP contribution in [-0.4, -0.2) is 25.5 Å². The molecular formula is C28H35NO. The summed E-state index contributed by atoms with van der Waals surface area (Å²) in [6, 6.07) is 15.2. The summed E-state index contributed by atoms with van der Waals surface area (Å²) in [4.78, 5) is 2.29. The van der Waals surface area contributed by atoms with E-state index >= 15 is 0 Å². The molecule has 0 heterocycles. The molecule has 2 aromatic carbocycles. The molecule has 2 aromatic rings. The second kappa shape index (κ2) is 11.0. The van der Waals surface area contributed by atoms with E-state index in [0.29, 0.717) is 6.61 Å². The lowest BCUT2D eigenvalue weighted by Crippen LogP contribution is -2.21. The van der Waals surface area contributed by atoms with Crippen LogP contribution in [0.2, 0.25) is 0 Å². The standard InChI is InChI=1S/C28H35NO/c1-5-7-24(8-6-2)25-12-10-23(11-13-25)21-30-28-16-15-26-19-22(17-18-29(3)4)9-14-27(26)20-28/h5-8,10-13,15-16,20,22H,1,9,14,17-19,21H2,2-4H3/b8-6-,24-7+/t22-/m0/s1. The van der Waals surface area contributed by atoms with Gasteiger partial charge in [-0.3, -0.25) is 0 Å². The van der Waals surface area contributed by atoms with Crippen LogP contribution in [0.5, 0.6) is 5.75 Å². The average molecular weight is 402 g/mol. The monoisotopic (exact) mass is 401 g/mol. The summed E-state index contributed by atoms with van der Waals surface area (Å²) in [5.74, 6) is 1.79. The summed E-state index contributed by atoms with van der Waals surface area (Å²) < 4.78 is 6.11. The van der Waals surface area contributed by atoms with Gasteiger partial charge in [0.2, 0.25) is 0 Å². The van der Waals surface area contributed by atoms with E-state index in [1.54, 1.807) is 0 Å². The SMILES string of the molecule is C=C/C=C(\C=C/C)c1ccc(COc2ccc3c(c2)CC[C@@H](CCN(C)C)C3)cc1. The number of benzene rings is 2. The van der Waals surface area contributed by atoms with Crippen molar-refractivity contribution in [2.45, 2.75) is 39.2 Å². The predicted molar refractivity (Wildman–Crippen MR) is 129 cm³/mol. The van der Waals surface area contributed by atoms with Gasteiger partial charge in [0.1, 0.15) is 12.4 Å². The number of nitrogens with zero attached hydrogens (tertiary/aromatic N) is 1. The fraction of sp³-hybridized carbons (Fsp3) is 0.357. The lowest BCUT2D eigenvalue weighted by molar-refractivity contribution is 0.304. The van der Waals surface area contributed by atoms with E-state index in [2.05, 4.69) is 74.1 Å². The Morgan fingerprint density at radius 2 is 1.93 bits per heavy atom. The molecule has 158 valence electrons. The minimum absolute atomic E-state index is 0.592. The van der Waals surface area contributed by atoms with Crippen LogP contribution >= 0.6 is 0 Å². The third kappa shape index (κ3) is 6.21. The summed E-state index contributed by atoms with van der Waals surface area (Å²) in [6.07, 6.45) is 13.0. The van der Waals surface area contributed by atoms with Crippen LogP contribution in [0.15, 0.2) is 73.3 Å². The Hall–Kier alpha value is -2.58. The maximum absolute atomic E-state index is 6.11. The second-order valence-electron chi connectivity index (χ2n) is 8.47. The summed E-state index contributed by atoms with van der Waals surface area (Å²) in [6.45, 7) is 7.61. The van der Waals surface area contributed by atoms with Crippen LogP contribution in [0.25, 0.3) is 5.57 Å². The summed E-state index contributed by atoms with van der Waals surface area (Å²) >= 11 is 0. The summed E-state index contributed by atoms with van der Waals surface area (Å²) in [5.41, 5.74) is 6.51. The highest BCUT2D eigenvalue weighted by Crippen LogP contribution is 2.30. The van der Waals surface area contributed by atoms with Crippen molar-refractivity contribution in [2.75, 3.05) is 20.6 Å². The molecule has 0 spiro atoms. The predicted octanol–water partition coefficient (Wildman–Crippen LogP) is 6.47. The van der Waals surface area contributed by atoms with Gasteiger partial charge in [-0.05, 0) is 99.1 Å². The van der Waals surface area contributed by atoms with Gasteiger partial charge in [0.25, 0.3) is 0 Å². The molecule has 2 nitrogen and oxygen atoms in total. The van der Waals surface area contributed by atoms with Gasteiger partial charge in [-0.2, -0.15) is 0 Å². The van der Waals surface area contributed by atoms with Gasteiger partial charge in [-0.25, -0.2) is 0 Å². The molecule has 0 radical (unpaired) electrons. The number of fused-ring (bicyclic) bond motifs is 1. The highest BCUT2D eigenvalue weighted by molar-refractivity contribution is 5.75. The Labute approximate surface area is 182 Å². The van der Waals surface area contributed by atoms with E-state index in [9.17, 15) is 0 Å². The van der Waals surface area contributed by atoms with Crippen molar-refractivity contribution in [1.82, 2.24) is 4.90 Å². The molecule has 0 aliphatic heterocycles. The van der Waals surface area contributed by atoms with E-state index in [1.165, 1.54) is 60.1 Å². The van der Waals surface area contributed by atoms with Gasteiger partial charge >= 0.3 is 0 Å². The molecule has 1 aliphatic carbocycles. The Morgan fingerprint density at radius 1 is 1.13 bits per heavy atom. The van der Waals surface area contributed by atoms with Gasteiger partial charge in [0.05, 0.1) is 0 Å². The Morgan fingerprint density at radius 3 is 2.63 bits per heavy atom. The maximum Gasteiger partial charge on any atom is 0.120 e. The lowest BCUT2D eigenvalue weighted by atomic mass is 9.82. The Kier molecular flexibility index (Phi) is 8.10. The van der Waals surface area contributed by atoms with Crippen LogP contribution in [-0.2, 0) is 19.4 Å². The first-order chi connectivity index (χ1) is 14.6. The number of rotatable bonds is 9. The minimum Gasteiger partial charge on any atom is -0.489 e. The fourth-order valence-corrected chi connectivity index (χ4v) is 4.10. The number of allylic oxidation sites excluding steroid dienone is 5. The van der Waals surface area contributed by atoms with E-state index in [-0.39, 0.29) is 0 Å².